The minimum Gasteiger partial charge on any atom is -0.211 e. The summed E-state index contributed by atoms with van der Waals surface area (Å²) in [5.74, 6) is 0. The third-order valence-electron chi connectivity index (χ3n) is 3.38. The second kappa shape index (κ2) is 9.94. The van der Waals surface area contributed by atoms with Crippen molar-refractivity contribution in [3.05, 3.63) is 30.3 Å². The van der Waals surface area contributed by atoms with Crippen LogP contribution in [0.3, 0.4) is 0 Å². The highest BCUT2D eigenvalue weighted by atomic mass is 32.2. The second-order valence-electron chi connectivity index (χ2n) is 5.19. The third-order valence-corrected chi connectivity index (χ3v) is 4.85. The zero-order valence-corrected chi connectivity index (χ0v) is 13.3. The lowest BCUT2D eigenvalue weighted by Crippen LogP contribution is -2.24. The van der Waals surface area contributed by atoms with Crippen LogP contribution in [-0.4, -0.2) is 15.0 Å². The Morgan fingerprint density at radius 3 is 2.00 bits per heavy atom. The summed E-state index contributed by atoms with van der Waals surface area (Å²) < 4.78 is 26.5. The van der Waals surface area contributed by atoms with Crippen LogP contribution in [0.15, 0.2) is 35.2 Å². The molecule has 0 aliphatic carbocycles. The van der Waals surface area contributed by atoms with E-state index in [1.165, 1.54) is 38.5 Å². The first-order chi connectivity index (χ1) is 9.67. The van der Waals surface area contributed by atoms with E-state index >= 15 is 0 Å². The molecule has 20 heavy (non-hydrogen) atoms. The van der Waals surface area contributed by atoms with Crippen molar-refractivity contribution in [1.29, 1.82) is 0 Å². The molecule has 0 aromatic heterocycles. The molecular formula is C16H27NO2S. The molecule has 0 bridgehead atoms. The van der Waals surface area contributed by atoms with Crippen LogP contribution in [0.1, 0.15) is 58.3 Å². The maximum Gasteiger partial charge on any atom is 0.240 e. The first kappa shape index (κ1) is 17.2. The molecule has 0 fully saturated rings. The van der Waals surface area contributed by atoms with Crippen molar-refractivity contribution >= 4 is 10.0 Å². The van der Waals surface area contributed by atoms with E-state index in [2.05, 4.69) is 11.6 Å². The smallest absolute Gasteiger partial charge is 0.211 e. The van der Waals surface area contributed by atoms with Gasteiger partial charge in [-0.2, -0.15) is 0 Å². The van der Waals surface area contributed by atoms with Crippen molar-refractivity contribution in [2.75, 3.05) is 6.54 Å². The molecule has 1 aromatic carbocycles. The van der Waals surface area contributed by atoms with E-state index in [0.29, 0.717) is 11.4 Å². The molecule has 4 heteroatoms. The van der Waals surface area contributed by atoms with Crippen molar-refractivity contribution in [3.8, 4) is 0 Å². The number of hydrogen-bond acceptors (Lipinski definition) is 2. The number of rotatable bonds is 11. The van der Waals surface area contributed by atoms with E-state index in [0.717, 1.165) is 12.8 Å². The highest BCUT2D eigenvalue weighted by Crippen LogP contribution is 2.09. The summed E-state index contributed by atoms with van der Waals surface area (Å²) in [5.41, 5.74) is 0. The lowest BCUT2D eigenvalue weighted by atomic mass is 10.1. The van der Waals surface area contributed by atoms with E-state index in [1.807, 2.05) is 6.07 Å². The Hall–Kier alpha value is -0.870. The van der Waals surface area contributed by atoms with Gasteiger partial charge in [0.1, 0.15) is 0 Å². The summed E-state index contributed by atoms with van der Waals surface area (Å²) in [7, 11) is -3.32. The average Bonchev–Trinajstić information content (AvgIpc) is 2.46. The topological polar surface area (TPSA) is 46.2 Å². The van der Waals surface area contributed by atoms with Gasteiger partial charge in [0.15, 0.2) is 0 Å². The Balaban J connectivity index is 2.09. The van der Waals surface area contributed by atoms with Crippen molar-refractivity contribution in [2.24, 2.45) is 0 Å². The Bertz CT molecular complexity index is 443. The molecule has 0 radical (unpaired) electrons. The predicted molar refractivity (Wildman–Crippen MR) is 84.2 cm³/mol. The quantitative estimate of drug-likeness (QED) is 0.625. The fraction of sp³-hybridized carbons (Fsp3) is 0.625. The zero-order valence-electron chi connectivity index (χ0n) is 12.5. The van der Waals surface area contributed by atoms with Gasteiger partial charge in [0.25, 0.3) is 0 Å². The van der Waals surface area contributed by atoms with Gasteiger partial charge in [-0.1, -0.05) is 70.1 Å². The Labute approximate surface area is 123 Å². The summed E-state index contributed by atoms with van der Waals surface area (Å²) in [6, 6.07) is 8.54. The molecule has 0 aliphatic rings. The average molecular weight is 297 g/mol. The number of sulfonamides is 1. The Morgan fingerprint density at radius 2 is 1.40 bits per heavy atom. The van der Waals surface area contributed by atoms with Gasteiger partial charge < -0.3 is 0 Å². The summed E-state index contributed by atoms with van der Waals surface area (Å²) in [6.07, 6.45) is 9.74. The number of unbranched alkanes of at least 4 members (excludes halogenated alkanes) is 7. The first-order valence-corrected chi connectivity index (χ1v) is 9.20. The van der Waals surface area contributed by atoms with E-state index < -0.39 is 10.0 Å². The molecule has 0 spiro atoms. The van der Waals surface area contributed by atoms with Gasteiger partial charge in [0.05, 0.1) is 4.90 Å². The van der Waals surface area contributed by atoms with Crippen molar-refractivity contribution in [1.82, 2.24) is 4.72 Å². The molecule has 0 saturated carbocycles. The van der Waals surface area contributed by atoms with Crippen LogP contribution < -0.4 is 4.72 Å². The lowest BCUT2D eigenvalue weighted by Gasteiger charge is -2.06. The fourth-order valence-corrected chi connectivity index (χ4v) is 3.24. The normalized spacial score (nSPS) is 11.7. The highest BCUT2D eigenvalue weighted by Gasteiger charge is 2.11. The molecule has 0 unspecified atom stereocenters. The molecule has 0 amide bonds. The van der Waals surface area contributed by atoms with Crippen LogP contribution in [0.4, 0.5) is 0 Å². The maximum absolute atomic E-state index is 11.9. The minimum atomic E-state index is -3.32. The molecule has 114 valence electrons. The van der Waals surface area contributed by atoms with Crippen LogP contribution >= 0.6 is 0 Å². The molecule has 0 heterocycles. The summed E-state index contributed by atoms with van der Waals surface area (Å²) in [4.78, 5) is 0.347. The lowest BCUT2D eigenvalue weighted by molar-refractivity contribution is 0.559. The molecule has 1 N–H and O–H groups in total. The van der Waals surface area contributed by atoms with Crippen LogP contribution in [0.5, 0.6) is 0 Å². The number of benzene rings is 1. The van der Waals surface area contributed by atoms with E-state index in [-0.39, 0.29) is 0 Å². The Morgan fingerprint density at radius 1 is 0.850 bits per heavy atom. The molecule has 0 aliphatic heterocycles. The zero-order chi connectivity index (χ0) is 14.7. The van der Waals surface area contributed by atoms with Crippen LogP contribution in [0.25, 0.3) is 0 Å². The largest absolute Gasteiger partial charge is 0.240 e. The van der Waals surface area contributed by atoms with Crippen LogP contribution in [0.2, 0.25) is 0 Å². The highest BCUT2D eigenvalue weighted by molar-refractivity contribution is 7.89. The SMILES string of the molecule is CCCCCCCCCCNS(=O)(=O)c1ccccc1. The van der Waals surface area contributed by atoms with Crippen molar-refractivity contribution < 1.29 is 8.42 Å². The molecule has 0 saturated heterocycles. The second-order valence-corrected chi connectivity index (χ2v) is 6.95. The van der Waals surface area contributed by atoms with Gasteiger partial charge in [-0.25, -0.2) is 13.1 Å². The molecule has 1 rings (SSSR count). The third kappa shape index (κ3) is 7.06. The number of nitrogens with one attached hydrogen (secondary N) is 1. The van der Waals surface area contributed by atoms with Crippen LogP contribution in [0, 0.1) is 0 Å². The van der Waals surface area contributed by atoms with E-state index in [4.69, 9.17) is 0 Å². The van der Waals surface area contributed by atoms with Crippen LogP contribution in [-0.2, 0) is 10.0 Å². The van der Waals surface area contributed by atoms with E-state index in [9.17, 15) is 8.42 Å². The van der Waals surface area contributed by atoms with Gasteiger partial charge in [-0.3, -0.25) is 0 Å². The first-order valence-electron chi connectivity index (χ1n) is 7.71. The molecule has 3 nitrogen and oxygen atoms in total. The molecule has 0 atom stereocenters. The maximum atomic E-state index is 11.9. The molecular weight excluding hydrogens is 270 g/mol. The van der Waals surface area contributed by atoms with Gasteiger partial charge in [0, 0.05) is 6.54 Å². The number of hydrogen-bond donors (Lipinski definition) is 1. The minimum absolute atomic E-state index is 0.347. The predicted octanol–water partition coefficient (Wildman–Crippen LogP) is 4.11. The monoisotopic (exact) mass is 297 g/mol. The van der Waals surface area contributed by atoms with Crippen molar-refractivity contribution in [3.63, 3.8) is 0 Å². The van der Waals surface area contributed by atoms with Gasteiger partial charge >= 0.3 is 0 Å². The summed E-state index contributed by atoms with van der Waals surface area (Å²) in [5, 5.41) is 0. The Kier molecular flexibility index (Phi) is 8.54. The summed E-state index contributed by atoms with van der Waals surface area (Å²) in [6.45, 7) is 2.75. The van der Waals surface area contributed by atoms with Gasteiger partial charge in [0.2, 0.25) is 10.0 Å². The van der Waals surface area contributed by atoms with E-state index in [1.54, 1.807) is 24.3 Å². The van der Waals surface area contributed by atoms with Gasteiger partial charge in [-0.05, 0) is 18.6 Å². The fourth-order valence-electron chi connectivity index (χ4n) is 2.15. The molecule has 1 aromatic rings. The van der Waals surface area contributed by atoms with Gasteiger partial charge in [-0.15, -0.1) is 0 Å². The summed E-state index contributed by atoms with van der Waals surface area (Å²) >= 11 is 0. The van der Waals surface area contributed by atoms with Crippen molar-refractivity contribution in [2.45, 2.75) is 63.2 Å². The standard InChI is InChI=1S/C16H27NO2S/c1-2-3-4-5-6-7-8-12-15-17-20(18,19)16-13-10-9-11-14-16/h9-11,13-14,17H,2-8,12,15H2,1H3.